The Kier molecular flexibility index (Phi) is 12.3. The van der Waals surface area contributed by atoms with E-state index in [1.54, 1.807) is 11.9 Å². The number of ether oxygens (including phenoxy) is 2. The van der Waals surface area contributed by atoms with Crippen LogP contribution in [0.5, 0.6) is 11.8 Å². The van der Waals surface area contributed by atoms with Crippen molar-refractivity contribution in [2.75, 3.05) is 51.3 Å². The molecule has 2 aliphatic rings. The Balaban J connectivity index is 1.37. The van der Waals surface area contributed by atoms with Gasteiger partial charge in [-0.1, -0.05) is 51.9 Å². The van der Waals surface area contributed by atoms with Crippen LogP contribution >= 0.6 is 0 Å². The Bertz CT molecular complexity index is 1220. The first-order chi connectivity index (χ1) is 21.2. The molecule has 0 spiro atoms. The number of aliphatic hydroxyl groups excluding tert-OH is 1. The minimum atomic E-state index is -4.61. The number of likely N-dealkylation sites (tertiary alicyclic amines) is 1. The monoisotopic (exact) mass is 622 g/mol. The number of amides is 2. The molecule has 44 heavy (non-hydrogen) atoms. The van der Waals surface area contributed by atoms with Gasteiger partial charge in [0.15, 0.2) is 0 Å². The van der Waals surface area contributed by atoms with Gasteiger partial charge in [0, 0.05) is 39.5 Å². The van der Waals surface area contributed by atoms with E-state index in [2.05, 4.69) is 21.9 Å². The SMILES string of the molecule is CCCCCCCCCCOc1ncc(N2CCc3ncnc(O[C@H]4CCN(C(=O)N(C)CCO)C4)c3C2)cc1C(F)(F)F. The minimum absolute atomic E-state index is 0.116. The van der Waals surface area contributed by atoms with Crippen molar-refractivity contribution in [3.8, 4) is 11.8 Å². The summed E-state index contributed by atoms with van der Waals surface area (Å²) in [6, 6.07) is 0.925. The van der Waals surface area contributed by atoms with Gasteiger partial charge < -0.3 is 29.3 Å². The zero-order chi connectivity index (χ0) is 31.5. The van der Waals surface area contributed by atoms with E-state index >= 15 is 0 Å². The van der Waals surface area contributed by atoms with E-state index in [-0.39, 0.29) is 44.3 Å². The van der Waals surface area contributed by atoms with Crippen molar-refractivity contribution in [1.29, 1.82) is 0 Å². The van der Waals surface area contributed by atoms with Gasteiger partial charge in [-0.25, -0.2) is 19.7 Å². The number of hydrogen-bond donors (Lipinski definition) is 1. The lowest BCUT2D eigenvalue weighted by atomic mass is 10.1. The van der Waals surface area contributed by atoms with E-state index in [4.69, 9.17) is 14.6 Å². The number of nitrogens with zero attached hydrogens (tertiary/aromatic N) is 6. The van der Waals surface area contributed by atoms with E-state index in [1.165, 1.54) is 43.1 Å². The summed E-state index contributed by atoms with van der Waals surface area (Å²) in [5.74, 6) is -0.0176. The molecule has 4 heterocycles. The highest BCUT2D eigenvalue weighted by atomic mass is 19.4. The maximum atomic E-state index is 14.1. The molecule has 0 bridgehead atoms. The highest BCUT2D eigenvalue weighted by molar-refractivity contribution is 5.74. The number of carbonyl (C=O) groups excluding carboxylic acids is 1. The van der Waals surface area contributed by atoms with Crippen LogP contribution in [0, 0.1) is 0 Å². The molecular weight excluding hydrogens is 577 g/mol. The smallest absolute Gasteiger partial charge is 0.421 e. The van der Waals surface area contributed by atoms with E-state index in [9.17, 15) is 18.0 Å². The highest BCUT2D eigenvalue weighted by Gasteiger charge is 2.37. The van der Waals surface area contributed by atoms with Gasteiger partial charge in [0.2, 0.25) is 11.8 Å². The van der Waals surface area contributed by atoms with Gasteiger partial charge in [-0.15, -0.1) is 0 Å². The van der Waals surface area contributed by atoms with Crippen LogP contribution in [0.3, 0.4) is 0 Å². The van der Waals surface area contributed by atoms with Crippen LogP contribution < -0.4 is 14.4 Å². The second-order valence-electron chi connectivity index (χ2n) is 11.5. The summed E-state index contributed by atoms with van der Waals surface area (Å²) in [6.45, 7) is 4.11. The maximum Gasteiger partial charge on any atom is 0.421 e. The number of aromatic nitrogens is 3. The lowest BCUT2D eigenvalue weighted by Crippen LogP contribution is -2.41. The average Bonchev–Trinajstić information content (AvgIpc) is 3.48. The van der Waals surface area contributed by atoms with Gasteiger partial charge >= 0.3 is 12.2 Å². The summed E-state index contributed by atoms with van der Waals surface area (Å²) in [5, 5.41) is 9.13. The molecule has 1 atom stereocenters. The molecule has 2 amide bonds. The summed E-state index contributed by atoms with van der Waals surface area (Å²) in [6.07, 6.45) is 7.74. The van der Waals surface area contributed by atoms with Gasteiger partial charge in [-0.3, -0.25) is 0 Å². The van der Waals surface area contributed by atoms with Crippen LogP contribution in [0.1, 0.15) is 81.5 Å². The Morgan fingerprint density at radius 1 is 1.07 bits per heavy atom. The number of rotatable bonds is 15. The molecule has 0 saturated carbocycles. The van der Waals surface area contributed by atoms with Crippen LogP contribution in [0.25, 0.3) is 0 Å². The van der Waals surface area contributed by atoms with Crippen molar-refractivity contribution in [2.45, 2.75) is 90.0 Å². The van der Waals surface area contributed by atoms with E-state index in [1.807, 2.05) is 4.90 Å². The molecule has 10 nitrogen and oxygen atoms in total. The molecule has 1 N–H and O–H groups in total. The summed E-state index contributed by atoms with van der Waals surface area (Å²) in [4.78, 5) is 30.4. The van der Waals surface area contributed by atoms with Crippen LogP contribution in [0.2, 0.25) is 0 Å². The number of pyridine rings is 1. The molecule has 2 aromatic rings. The second kappa shape index (κ2) is 16.1. The topological polar surface area (TPSA) is 104 Å². The summed E-state index contributed by atoms with van der Waals surface area (Å²) >= 11 is 0. The standard InChI is InChI=1S/C31H45F3N6O4/c1-3-4-5-6-7-8-9-10-17-43-29-26(31(32,33)34)18-23(19-35-29)39-14-12-27-25(21-39)28(37-22-36-27)44-24-11-13-40(20-24)30(42)38(2)15-16-41/h18-19,22,24,41H,3-17,20-21H2,1-2H3/t24-/m0/s1. The molecule has 0 unspecified atom stereocenters. The van der Waals surface area contributed by atoms with Crippen molar-refractivity contribution in [2.24, 2.45) is 0 Å². The Morgan fingerprint density at radius 3 is 2.55 bits per heavy atom. The minimum Gasteiger partial charge on any atom is -0.477 e. The number of urea groups is 1. The average molecular weight is 623 g/mol. The predicted octanol–water partition coefficient (Wildman–Crippen LogP) is 5.47. The Labute approximate surface area is 257 Å². The van der Waals surface area contributed by atoms with Crippen LogP contribution in [0.15, 0.2) is 18.6 Å². The zero-order valence-electron chi connectivity index (χ0n) is 25.8. The largest absolute Gasteiger partial charge is 0.477 e. The van der Waals surface area contributed by atoms with E-state index in [0.717, 1.165) is 31.0 Å². The van der Waals surface area contributed by atoms with Crippen molar-refractivity contribution >= 4 is 11.7 Å². The number of likely N-dealkylation sites (N-methyl/N-ethyl adjacent to an activating group) is 1. The highest BCUT2D eigenvalue weighted by Crippen LogP contribution is 2.38. The van der Waals surface area contributed by atoms with Crippen LogP contribution in [0.4, 0.5) is 23.7 Å². The molecule has 2 aliphatic heterocycles. The number of unbranched alkanes of at least 4 members (excludes halogenated alkanes) is 7. The van der Waals surface area contributed by atoms with E-state index < -0.39 is 11.7 Å². The molecule has 0 aromatic carbocycles. The Morgan fingerprint density at radius 2 is 1.82 bits per heavy atom. The number of hydrogen-bond acceptors (Lipinski definition) is 8. The van der Waals surface area contributed by atoms with Crippen LogP contribution in [-0.2, 0) is 19.1 Å². The van der Waals surface area contributed by atoms with Gasteiger partial charge in [-0.05, 0) is 12.5 Å². The van der Waals surface area contributed by atoms with Gasteiger partial charge in [0.25, 0.3) is 0 Å². The molecule has 1 fully saturated rings. The van der Waals surface area contributed by atoms with Crippen molar-refractivity contribution in [3.05, 3.63) is 35.4 Å². The number of carbonyl (C=O) groups is 1. The molecular formula is C31H45F3N6O4. The fraction of sp³-hybridized carbons (Fsp3) is 0.677. The fourth-order valence-corrected chi connectivity index (χ4v) is 5.62. The molecule has 4 rings (SSSR count). The van der Waals surface area contributed by atoms with Crippen molar-refractivity contribution in [1.82, 2.24) is 24.8 Å². The van der Waals surface area contributed by atoms with E-state index in [0.29, 0.717) is 56.0 Å². The normalized spacial score (nSPS) is 16.6. The number of fused-ring (bicyclic) bond motifs is 1. The van der Waals surface area contributed by atoms with Crippen LogP contribution in [-0.4, -0.2) is 88.4 Å². The summed E-state index contributed by atoms with van der Waals surface area (Å²) in [5.41, 5.74) is 0.948. The van der Waals surface area contributed by atoms with Gasteiger partial charge in [0.05, 0.1) is 49.4 Å². The molecule has 244 valence electrons. The third kappa shape index (κ3) is 9.09. The third-order valence-electron chi connectivity index (χ3n) is 8.16. The lowest BCUT2D eigenvalue weighted by molar-refractivity contribution is -0.139. The first kappa shape index (κ1) is 33.5. The molecule has 0 radical (unpaired) electrons. The van der Waals surface area contributed by atoms with Crippen molar-refractivity contribution < 1.29 is 32.5 Å². The molecule has 1 saturated heterocycles. The zero-order valence-corrected chi connectivity index (χ0v) is 25.8. The third-order valence-corrected chi connectivity index (χ3v) is 8.16. The molecule has 13 heteroatoms. The molecule has 0 aliphatic carbocycles. The molecule has 2 aromatic heterocycles. The summed E-state index contributed by atoms with van der Waals surface area (Å²) < 4.78 is 53.9. The fourth-order valence-electron chi connectivity index (χ4n) is 5.62. The predicted molar refractivity (Wildman–Crippen MR) is 160 cm³/mol. The second-order valence-corrected chi connectivity index (χ2v) is 11.5. The number of anilines is 1. The summed E-state index contributed by atoms with van der Waals surface area (Å²) in [7, 11) is 1.64. The van der Waals surface area contributed by atoms with Crippen molar-refractivity contribution in [3.63, 3.8) is 0 Å². The quantitative estimate of drug-likeness (QED) is 0.261. The lowest BCUT2D eigenvalue weighted by Gasteiger charge is -2.31. The first-order valence-electron chi connectivity index (χ1n) is 15.8. The maximum absolute atomic E-state index is 14.1. The van der Waals surface area contributed by atoms with Gasteiger partial charge in [-0.2, -0.15) is 13.2 Å². The van der Waals surface area contributed by atoms with Gasteiger partial charge in [0.1, 0.15) is 18.0 Å². The first-order valence-corrected chi connectivity index (χ1v) is 15.8. The number of alkyl halides is 3. The Hall–Kier alpha value is -3.35. The number of halogens is 3. The number of aliphatic hydroxyl groups is 1.